The summed E-state index contributed by atoms with van der Waals surface area (Å²) in [6.45, 7) is 1.97. The van der Waals surface area contributed by atoms with Crippen LogP contribution in [0.5, 0.6) is 0 Å². The molecule has 1 aromatic carbocycles. The van der Waals surface area contributed by atoms with Crippen molar-refractivity contribution in [3.05, 3.63) is 52.8 Å². The van der Waals surface area contributed by atoms with Crippen LogP contribution >= 0.6 is 11.6 Å². The van der Waals surface area contributed by atoms with Crippen LogP contribution in [0.1, 0.15) is 23.6 Å². The molecule has 0 spiro atoms. The number of anilines is 1. The second-order valence-corrected chi connectivity index (χ2v) is 5.11. The average Bonchev–Trinajstić information content (AvgIpc) is 3.08. The fourth-order valence-corrected chi connectivity index (χ4v) is 2.34. The molecular formula is C14H14ClN3. The van der Waals surface area contributed by atoms with Gasteiger partial charge in [0.15, 0.2) is 0 Å². The van der Waals surface area contributed by atoms with Crippen LogP contribution in [0.25, 0.3) is 0 Å². The third-order valence-corrected chi connectivity index (χ3v) is 3.41. The molecule has 92 valence electrons. The van der Waals surface area contributed by atoms with Gasteiger partial charge in [0, 0.05) is 28.9 Å². The van der Waals surface area contributed by atoms with E-state index in [1.165, 1.54) is 5.56 Å². The normalized spacial score (nSPS) is 21.7. The second-order valence-electron chi connectivity index (χ2n) is 4.67. The minimum absolute atomic E-state index is 0.422. The summed E-state index contributed by atoms with van der Waals surface area (Å²) in [7, 11) is 0. The Hall–Kier alpha value is -1.61. The molecule has 3 rings (SSSR count). The van der Waals surface area contributed by atoms with Crippen molar-refractivity contribution < 1.29 is 0 Å². The topological polar surface area (TPSA) is 37.8 Å². The summed E-state index contributed by atoms with van der Waals surface area (Å²) < 4.78 is 0. The van der Waals surface area contributed by atoms with E-state index in [1.807, 2.05) is 31.2 Å². The lowest BCUT2D eigenvalue weighted by molar-refractivity contribution is 0.989. The Morgan fingerprint density at radius 3 is 3.00 bits per heavy atom. The summed E-state index contributed by atoms with van der Waals surface area (Å²) >= 11 is 6.00. The highest BCUT2D eigenvalue weighted by Crippen LogP contribution is 2.42. The van der Waals surface area contributed by atoms with Crippen LogP contribution in [0.4, 0.5) is 5.95 Å². The zero-order valence-corrected chi connectivity index (χ0v) is 10.9. The zero-order valence-electron chi connectivity index (χ0n) is 10.1. The lowest BCUT2D eigenvalue weighted by atomic mass is 10.1. The molecule has 1 saturated carbocycles. The molecule has 0 radical (unpaired) electrons. The number of aromatic nitrogens is 2. The van der Waals surface area contributed by atoms with E-state index in [-0.39, 0.29) is 0 Å². The number of rotatable bonds is 3. The summed E-state index contributed by atoms with van der Waals surface area (Å²) in [5, 5.41) is 4.16. The molecule has 1 heterocycles. The van der Waals surface area contributed by atoms with Gasteiger partial charge in [-0.2, -0.15) is 0 Å². The quantitative estimate of drug-likeness (QED) is 0.918. The van der Waals surface area contributed by atoms with Gasteiger partial charge in [-0.1, -0.05) is 23.7 Å². The number of nitrogens with one attached hydrogen (secondary N) is 1. The first kappa shape index (κ1) is 11.5. The molecule has 2 unspecified atom stereocenters. The van der Waals surface area contributed by atoms with Crippen LogP contribution in [-0.4, -0.2) is 16.0 Å². The summed E-state index contributed by atoms with van der Waals surface area (Å²) in [6, 6.07) is 10.4. The van der Waals surface area contributed by atoms with Crippen molar-refractivity contribution in [2.45, 2.75) is 25.3 Å². The van der Waals surface area contributed by atoms with E-state index < -0.39 is 0 Å². The highest BCUT2D eigenvalue weighted by atomic mass is 35.5. The van der Waals surface area contributed by atoms with Gasteiger partial charge in [0.25, 0.3) is 0 Å². The van der Waals surface area contributed by atoms with Gasteiger partial charge in [-0.3, -0.25) is 0 Å². The first-order chi connectivity index (χ1) is 8.72. The Labute approximate surface area is 111 Å². The van der Waals surface area contributed by atoms with E-state index >= 15 is 0 Å². The van der Waals surface area contributed by atoms with Crippen LogP contribution in [-0.2, 0) is 0 Å². The Morgan fingerprint density at radius 1 is 1.33 bits per heavy atom. The first-order valence-electron chi connectivity index (χ1n) is 6.04. The Bertz CT molecular complexity index is 570. The van der Waals surface area contributed by atoms with Gasteiger partial charge in [-0.25, -0.2) is 9.97 Å². The van der Waals surface area contributed by atoms with Crippen molar-refractivity contribution in [3.8, 4) is 0 Å². The van der Waals surface area contributed by atoms with Gasteiger partial charge >= 0.3 is 0 Å². The molecule has 1 fully saturated rings. The summed E-state index contributed by atoms with van der Waals surface area (Å²) in [5.41, 5.74) is 2.26. The SMILES string of the molecule is Cc1ccnc(NC2CC2c2cccc(Cl)c2)n1. The van der Waals surface area contributed by atoms with Gasteiger partial charge < -0.3 is 5.32 Å². The number of nitrogens with zero attached hydrogens (tertiary/aromatic N) is 2. The monoisotopic (exact) mass is 259 g/mol. The van der Waals surface area contributed by atoms with Crippen molar-refractivity contribution >= 4 is 17.5 Å². The molecule has 0 bridgehead atoms. The van der Waals surface area contributed by atoms with Crippen LogP contribution in [0.3, 0.4) is 0 Å². The molecule has 0 aliphatic heterocycles. The maximum absolute atomic E-state index is 6.00. The van der Waals surface area contributed by atoms with Crippen molar-refractivity contribution in [1.82, 2.24) is 9.97 Å². The van der Waals surface area contributed by atoms with Crippen LogP contribution in [0.2, 0.25) is 5.02 Å². The van der Waals surface area contributed by atoms with E-state index in [1.54, 1.807) is 6.20 Å². The maximum Gasteiger partial charge on any atom is 0.223 e. The highest BCUT2D eigenvalue weighted by molar-refractivity contribution is 6.30. The minimum atomic E-state index is 0.422. The van der Waals surface area contributed by atoms with Gasteiger partial charge in [-0.15, -0.1) is 0 Å². The number of hydrogen-bond acceptors (Lipinski definition) is 3. The average molecular weight is 260 g/mol. The van der Waals surface area contributed by atoms with Crippen LogP contribution < -0.4 is 5.32 Å². The minimum Gasteiger partial charge on any atom is -0.351 e. The van der Waals surface area contributed by atoms with E-state index in [4.69, 9.17) is 11.6 Å². The van der Waals surface area contributed by atoms with Crippen LogP contribution in [0, 0.1) is 6.92 Å². The zero-order chi connectivity index (χ0) is 12.5. The number of halogens is 1. The third kappa shape index (κ3) is 2.46. The van der Waals surface area contributed by atoms with Crippen LogP contribution in [0.15, 0.2) is 36.5 Å². The standard InChI is InChI=1S/C14H14ClN3/c1-9-5-6-16-14(17-9)18-13-8-12(13)10-3-2-4-11(15)7-10/h2-7,12-13H,8H2,1H3,(H,16,17,18). The maximum atomic E-state index is 6.00. The van der Waals surface area contributed by atoms with Crippen molar-refractivity contribution in [2.75, 3.05) is 5.32 Å². The Morgan fingerprint density at radius 2 is 2.22 bits per heavy atom. The molecule has 1 aliphatic rings. The predicted molar refractivity (Wildman–Crippen MR) is 73.0 cm³/mol. The van der Waals surface area contributed by atoms with Crippen molar-refractivity contribution in [3.63, 3.8) is 0 Å². The van der Waals surface area contributed by atoms with E-state index in [0.29, 0.717) is 17.9 Å². The van der Waals surface area contributed by atoms with Gasteiger partial charge in [0.05, 0.1) is 0 Å². The van der Waals surface area contributed by atoms with Crippen molar-refractivity contribution in [2.24, 2.45) is 0 Å². The number of benzene rings is 1. The van der Waals surface area contributed by atoms with Gasteiger partial charge in [-0.05, 0) is 37.1 Å². The van der Waals surface area contributed by atoms with Crippen molar-refractivity contribution in [1.29, 1.82) is 0 Å². The Balaban J connectivity index is 1.68. The lowest BCUT2D eigenvalue weighted by Gasteiger charge is -2.05. The highest BCUT2D eigenvalue weighted by Gasteiger charge is 2.38. The molecule has 0 amide bonds. The van der Waals surface area contributed by atoms with Gasteiger partial charge in [0.1, 0.15) is 0 Å². The van der Waals surface area contributed by atoms with Gasteiger partial charge in [0.2, 0.25) is 5.95 Å². The third-order valence-electron chi connectivity index (χ3n) is 3.18. The largest absolute Gasteiger partial charge is 0.351 e. The predicted octanol–water partition coefficient (Wildman–Crippen LogP) is 3.41. The Kier molecular flexibility index (Phi) is 2.92. The summed E-state index contributed by atoms with van der Waals surface area (Å²) in [6.07, 6.45) is 2.89. The lowest BCUT2D eigenvalue weighted by Crippen LogP contribution is -2.07. The second kappa shape index (κ2) is 4.58. The van der Waals surface area contributed by atoms with E-state index in [2.05, 4.69) is 21.4 Å². The first-order valence-corrected chi connectivity index (χ1v) is 6.42. The summed E-state index contributed by atoms with van der Waals surface area (Å²) in [4.78, 5) is 8.57. The molecular weight excluding hydrogens is 246 g/mol. The molecule has 1 N–H and O–H groups in total. The fraction of sp³-hybridized carbons (Fsp3) is 0.286. The summed E-state index contributed by atoms with van der Waals surface area (Å²) in [5.74, 6) is 1.23. The number of aryl methyl sites for hydroxylation is 1. The molecule has 1 aromatic heterocycles. The smallest absolute Gasteiger partial charge is 0.223 e. The molecule has 0 saturated heterocycles. The molecule has 4 heteroatoms. The van der Waals surface area contributed by atoms with E-state index in [9.17, 15) is 0 Å². The molecule has 2 atom stereocenters. The number of hydrogen-bond donors (Lipinski definition) is 1. The molecule has 18 heavy (non-hydrogen) atoms. The molecule has 3 nitrogen and oxygen atoms in total. The van der Waals surface area contributed by atoms with E-state index in [0.717, 1.165) is 17.1 Å². The fourth-order valence-electron chi connectivity index (χ4n) is 2.14. The molecule has 1 aliphatic carbocycles. The molecule has 2 aromatic rings.